The van der Waals surface area contributed by atoms with Crippen molar-refractivity contribution in [2.45, 2.75) is 71.9 Å². The molecule has 2 heterocycles. The van der Waals surface area contributed by atoms with E-state index in [4.69, 9.17) is 33.2 Å². The van der Waals surface area contributed by atoms with Crippen LogP contribution in [0.2, 0.25) is 0 Å². The molecular formula is C31H34N4O12. The van der Waals surface area contributed by atoms with Gasteiger partial charge in [0.25, 0.3) is 0 Å². The number of hydrogen-bond acceptors (Lipinski definition) is 15. The van der Waals surface area contributed by atoms with E-state index < -0.39 is 67.3 Å². The predicted octanol–water partition coefficient (Wildman–Crippen LogP) is 2.39. The minimum Gasteiger partial charge on any atom is -0.463 e. The lowest BCUT2D eigenvalue weighted by Crippen LogP contribution is -2.63. The molecule has 5 unspecified atom stereocenters. The molecule has 0 aromatic heterocycles. The number of hydrogen-bond donors (Lipinski definition) is 1. The van der Waals surface area contributed by atoms with Gasteiger partial charge in [-0.1, -0.05) is 42.5 Å². The third-order valence-corrected chi connectivity index (χ3v) is 6.55. The molecule has 250 valence electrons. The van der Waals surface area contributed by atoms with Crippen LogP contribution in [-0.2, 0) is 54.2 Å². The van der Waals surface area contributed by atoms with Crippen molar-refractivity contribution in [3.63, 3.8) is 0 Å². The van der Waals surface area contributed by atoms with Gasteiger partial charge >= 0.3 is 30.0 Å². The molecule has 0 spiro atoms. The van der Waals surface area contributed by atoms with Crippen LogP contribution in [0.25, 0.3) is 0 Å². The number of ether oxygens (including phenoxy) is 7. The fourth-order valence-corrected chi connectivity index (χ4v) is 4.56. The SMILES string of the molecule is CC(=O)OCC1OC(Oc2ccc(COC(=O)N3NC(c4ccccc4)=NN=C3C)cc2)C(OC(C)=O)C(OC(C)=O)C1OC(C)=O. The van der Waals surface area contributed by atoms with Crippen molar-refractivity contribution >= 4 is 41.6 Å². The van der Waals surface area contributed by atoms with Crippen LogP contribution in [-0.4, -0.2) is 84.0 Å². The normalized spacial score (nSPS) is 22.0. The number of hydrazine groups is 1. The average molecular weight is 655 g/mol. The molecule has 0 saturated carbocycles. The van der Waals surface area contributed by atoms with Gasteiger partial charge in [-0.25, -0.2) is 4.79 Å². The molecule has 1 N–H and O–H groups in total. The fraction of sp³-hybridized carbons (Fsp3) is 0.387. The van der Waals surface area contributed by atoms with E-state index in [1.165, 1.54) is 6.92 Å². The topological polar surface area (TPSA) is 190 Å². The Kier molecular flexibility index (Phi) is 11.5. The first-order valence-corrected chi connectivity index (χ1v) is 14.4. The molecule has 2 aliphatic rings. The summed E-state index contributed by atoms with van der Waals surface area (Å²) in [5.41, 5.74) is 4.22. The van der Waals surface area contributed by atoms with E-state index in [2.05, 4.69) is 15.6 Å². The second-order valence-corrected chi connectivity index (χ2v) is 10.3. The molecule has 0 aliphatic carbocycles. The number of nitrogens with zero attached hydrogens (tertiary/aromatic N) is 3. The average Bonchev–Trinajstić information content (AvgIpc) is 3.02. The van der Waals surface area contributed by atoms with E-state index in [1.807, 2.05) is 30.3 Å². The monoisotopic (exact) mass is 654 g/mol. The summed E-state index contributed by atoms with van der Waals surface area (Å²) in [7, 11) is 0. The Hall–Kier alpha value is -5.51. The van der Waals surface area contributed by atoms with Gasteiger partial charge in [0.2, 0.25) is 12.4 Å². The van der Waals surface area contributed by atoms with E-state index in [0.717, 1.165) is 31.3 Å². The summed E-state index contributed by atoms with van der Waals surface area (Å²) in [5, 5.41) is 9.26. The van der Waals surface area contributed by atoms with Crippen LogP contribution in [0.1, 0.15) is 45.7 Å². The van der Waals surface area contributed by atoms with Crippen LogP contribution in [0, 0.1) is 0 Å². The van der Waals surface area contributed by atoms with Crippen LogP contribution in [0.15, 0.2) is 64.8 Å². The molecule has 1 fully saturated rings. The van der Waals surface area contributed by atoms with Crippen LogP contribution < -0.4 is 10.2 Å². The molecule has 2 aliphatic heterocycles. The molecule has 0 bridgehead atoms. The van der Waals surface area contributed by atoms with Crippen molar-refractivity contribution in [3.8, 4) is 5.75 Å². The van der Waals surface area contributed by atoms with Crippen LogP contribution in [0.4, 0.5) is 4.79 Å². The summed E-state index contributed by atoms with van der Waals surface area (Å²) in [4.78, 5) is 60.4. The first-order valence-electron chi connectivity index (χ1n) is 14.4. The number of amidine groups is 2. The molecule has 2 aromatic rings. The molecule has 1 saturated heterocycles. The number of carbonyl (C=O) groups excluding carboxylic acids is 5. The number of benzene rings is 2. The van der Waals surface area contributed by atoms with E-state index >= 15 is 0 Å². The highest BCUT2D eigenvalue weighted by atomic mass is 16.7. The van der Waals surface area contributed by atoms with Crippen molar-refractivity contribution in [3.05, 3.63) is 65.7 Å². The Morgan fingerprint density at radius 1 is 0.766 bits per heavy atom. The highest BCUT2D eigenvalue weighted by molar-refractivity contribution is 6.05. The maximum Gasteiger partial charge on any atom is 0.435 e. The molecule has 16 heteroatoms. The zero-order valence-electron chi connectivity index (χ0n) is 26.2. The molecular weight excluding hydrogens is 620 g/mol. The van der Waals surface area contributed by atoms with Crippen molar-refractivity contribution in [2.75, 3.05) is 6.61 Å². The molecule has 47 heavy (non-hydrogen) atoms. The van der Waals surface area contributed by atoms with Crippen LogP contribution in [0.3, 0.4) is 0 Å². The minimum absolute atomic E-state index is 0.110. The summed E-state index contributed by atoms with van der Waals surface area (Å²) in [6.45, 7) is 5.65. The van der Waals surface area contributed by atoms with E-state index in [0.29, 0.717) is 11.4 Å². The Balaban J connectivity index is 1.46. The summed E-state index contributed by atoms with van der Waals surface area (Å²) in [5.74, 6) is -2.03. The number of carbonyl (C=O) groups is 5. The van der Waals surface area contributed by atoms with Gasteiger partial charge in [0, 0.05) is 33.3 Å². The van der Waals surface area contributed by atoms with Crippen molar-refractivity contribution in [1.29, 1.82) is 0 Å². The highest BCUT2D eigenvalue weighted by Crippen LogP contribution is 2.31. The van der Waals surface area contributed by atoms with E-state index in [-0.39, 0.29) is 18.2 Å². The van der Waals surface area contributed by atoms with Gasteiger partial charge in [0.05, 0.1) is 0 Å². The fourth-order valence-electron chi connectivity index (χ4n) is 4.56. The van der Waals surface area contributed by atoms with Crippen molar-refractivity contribution in [2.24, 2.45) is 10.2 Å². The van der Waals surface area contributed by atoms with Gasteiger partial charge in [0.1, 0.15) is 25.1 Å². The Bertz CT molecular complexity index is 1530. The smallest absolute Gasteiger partial charge is 0.435 e. The van der Waals surface area contributed by atoms with Gasteiger partial charge in [0.15, 0.2) is 23.9 Å². The van der Waals surface area contributed by atoms with Gasteiger partial charge < -0.3 is 33.2 Å². The molecule has 4 rings (SSSR count). The maximum absolute atomic E-state index is 12.9. The van der Waals surface area contributed by atoms with Gasteiger partial charge in [-0.2, -0.15) is 5.01 Å². The predicted molar refractivity (Wildman–Crippen MR) is 160 cm³/mol. The maximum atomic E-state index is 12.9. The standard InChI is InChI=1S/C31H34N4O12/c1-17-32-33-29(23-9-7-6-8-10-23)34-35(17)31(40)42-15-22-11-13-24(14-12-22)46-30-28(45-21(5)39)27(44-20(4)38)26(43-19(3)37)25(47-30)16-41-18(2)36/h6-14,25-28,30H,15-16H2,1-5H3,(H,33,34). The van der Waals surface area contributed by atoms with E-state index in [9.17, 15) is 24.0 Å². The molecule has 16 nitrogen and oxygen atoms in total. The van der Waals surface area contributed by atoms with Gasteiger partial charge in [-0.3, -0.25) is 24.6 Å². The van der Waals surface area contributed by atoms with Crippen molar-refractivity contribution in [1.82, 2.24) is 10.4 Å². The second-order valence-electron chi connectivity index (χ2n) is 10.3. The molecule has 2 aromatic carbocycles. The lowest BCUT2D eigenvalue weighted by molar-refractivity contribution is -0.288. The summed E-state index contributed by atoms with van der Waals surface area (Å²) >= 11 is 0. The lowest BCUT2D eigenvalue weighted by Gasteiger charge is -2.43. The zero-order valence-corrected chi connectivity index (χ0v) is 26.2. The third-order valence-electron chi connectivity index (χ3n) is 6.55. The summed E-state index contributed by atoms with van der Waals surface area (Å²) in [6.07, 6.45) is -7.34. The number of amides is 1. The number of rotatable bonds is 10. The first-order chi connectivity index (χ1) is 22.4. The van der Waals surface area contributed by atoms with Crippen molar-refractivity contribution < 1.29 is 57.1 Å². The molecule has 0 radical (unpaired) electrons. The summed E-state index contributed by atoms with van der Waals surface area (Å²) in [6, 6.07) is 15.5. The third kappa shape index (κ3) is 9.49. The van der Waals surface area contributed by atoms with Crippen LogP contribution >= 0.6 is 0 Å². The Labute approximate surface area is 269 Å². The first kappa shape index (κ1) is 34.4. The van der Waals surface area contributed by atoms with Gasteiger partial charge in [-0.05, 0) is 24.6 Å². The van der Waals surface area contributed by atoms with Gasteiger partial charge in [-0.15, -0.1) is 10.2 Å². The summed E-state index contributed by atoms with van der Waals surface area (Å²) < 4.78 is 38.7. The largest absolute Gasteiger partial charge is 0.463 e. The Morgan fingerprint density at radius 3 is 2.00 bits per heavy atom. The highest BCUT2D eigenvalue weighted by Gasteiger charge is 2.53. The second kappa shape index (κ2) is 15.7. The lowest BCUT2D eigenvalue weighted by atomic mass is 9.98. The quantitative estimate of drug-likeness (QED) is 0.291. The van der Waals surface area contributed by atoms with Crippen LogP contribution in [0.5, 0.6) is 5.75 Å². The number of esters is 4. The molecule has 5 atom stereocenters. The minimum atomic E-state index is -1.40. The molecule has 1 amide bonds. The van der Waals surface area contributed by atoms with E-state index in [1.54, 1.807) is 31.2 Å². The zero-order chi connectivity index (χ0) is 34.1. The Morgan fingerprint density at radius 2 is 1.38 bits per heavy atom. The number of nitrogens with one attached hydrogen (secondary N) is 1.